The smallest absolute Gasteiger partial charge is 0.294 e. The van der Waals surface area contributed by atoms with Gasteiger partial charge in [-0.1, -0.05) is 35.9 Å². The van der Waals surface area contributed by atoms with Crippen molar-refractivity contribution in [2.24, 2.45) is 0 Å². The van der Waals surface area contributed by atoms with E-state index < -0.39 is 0 Å². The molecule has 23 heavy (non-hydrogen) atoms. The van der Waals surface area contributed by atoms with Gasteiger partial charge in [-0.05, 0) is 30.7 Å². The summed E-state index contributed by atoms with van der Waals surface area (Å²) < 4.78 is 5.74. The van der Waals surface area contributed by atoms with Crippen LogP contribution < -0.4 is 10.3 Å². The van der Waals surface area contributed by atoms with Crippen LogP contribution in [0.2, 0.25) is 5.02 Å². The quantitative estimate of drug-likeness (QED) is 0.686. The van der Waals surface area contributed by atoms with Crippen molar-refractivity contribution in [1.82, 2.24) is 0 Å². The highest BCUT2D eigenvalue weighted by atomic mass is 35.5. The van der Waals surface area contributed by atoms with Crippen molar-refractivity contribution in [3.05, 3.63) is 75.1 Å². The molecule has 0 saturated heterocycles. The van der Waals surface area contributed by atoms with E-state index in [0.29, 0.717) is 28.9 Å². The first-order valence-corrected chi connectivity index (χ1v) is 7.66. The summed E-state index contributed by atoms with van der Waals surface area (Å²) in [5, 5.41) is 0.740. The standard InChI is InChI=1S/C18H12ClNO3/c19-14-8-4-7-12-15(21)13-9-10-20(11-5-2-1-3-6-11)18(22)17(13)23-16(12)14/h1-8H,9-10H2. The van der Waals surface area contributed by atoms with E-state index in [2.05, 4.69) is 0 Å². The van der Waals surface area contributed by atoms with Gasteiger partial charge in [0.15, 0.2) is 16.8 Å². The lowest BCUT2D eigenvalue weighted by Gasteiger charge is -2.27. The molecule has 0 atom stereocenters. The van der Waals surface area contributed by atoms with Gasteiger partial charge in [-0.3, -0.25) is 9.59 Å². The van der Waals surface area contributed by atoms with E-state index in [0.717, 1.165) is 5.69 Å². The van der Waals surface area contributed by atoms with Crippen molar-refractivity contribution in [2.75, 3.05) is 11.4 Å². The first-order valence-electron chi connectivity index (χ1n) is 7.28. The Morgan fingerprint density at radius 3 is 2.57 bits per heavy atom. The number of anilines is 1. The van der Waals surface area contributed by atoms with Crippen molar-refractivity contribution in [2.45, 2.75) is 6.42 Å². The third-order valence-electron chi connectivity index (χ3n) is 4.06. The largest absolute Gasteiger partial charge is 0.449 e. The van der Waals surface area contributed by atoms with Crippen LogP contribution in [0.15, 0.2) is 57.7 Å². The lowest BCUT2D eigenvalue weighted by atomic mass is 10.0. The number of hydrogen-bond donors (Lipinski definition) is 0. The molecule has 0 bridgehead atoms. The zero-order valence-electron chi connectivity index (χ0n) is 12.1. The Morgan fingerprint density at radius 2 is 1.78 bits per heavy atom. The maximum absolute atomic E-state index is 12.8. The van der Waals surface area contributed by atoms with Gasteiger partial charge in [-0.2, -0.15) is 0 Å². The molecule has 0 radical (unpaired) electrons. The second kappa shape index (κ2) is 5.25. The van der Waals surface area contributed by atoms with E-state index in [1.54, 1.807) is 23.1 Å². The van der Waals surface area contributed by atoms with E-state index in [-0.39, 0.29) is 22.7 Å². The minimum Gasteiger partial charge on any atom is -0.449 e. The van der Waals surface area contributed by atoms with E-state index in [1.165, 1.54) is 0 Å². The van der Waals surface area contributed by atoms with Crippen LogP contribution in [0.25, 0.3) is 11.0 Å². The number of hydrogen-bond acceptors (Lipinski definition) is 3. The van der Waals surface area contributed by atoms with Gasteiger partial charge in [0.2, 0.25) is 0 Å². The number of halogens is 1. The van der Waals surface area contributed by atoms with Crippen molar-refractivity contribution < 1.29 is 9.21 Å². The first-order chi connectivity index (χ1) is 11.2. The molecule has 114 valence electrons. The summed E-state index contributed by atoms with van der Waals surface area (Å²) in [6.45, 7) is 0.451. The normalized spacial score (nSPS) is 14.1. The van der Waals surface area contributed by atoms with Crippen molar-refractivity contribution in [1.29, 1.82) is 0 Å². The van der Waals surface area contributed by atoms with Crippen LogP contribution in [-0.4, -0.2) is 12.5 Å². The van der Waals surface area contributed by atoms with Crippen LogP contribution in [-0.2, 0) is 6.42 Å². The Balaban J connectivity index is 1.92. The molecule has 1 amide bonds. The van der Waals surface area contributed by atoms with Crippen molar-refractivity contribution in [3.63, 3.8) is 0 Å². The van der Waals surface area contributed by atoms with Gasteiger partial charge in [0.05, 0.1) is 16.0 Å². The highest BCUT2D eigenvalue weighted by molar-refractivity contribution is 6.34. The Morgan fingerprint density at radius 1 is 1.00 bits per heavy atom. The van der Waals surface area contributed by atoms with Crippen LogP contribution in [0.3, 0.4) is 0 Å². The number of nitrogens with zero attached hydrogens (tertiary/aromatic N) is 1. The van der Waals surface area contributed by atoms with Crippen LogP contribution >= 0.6 is 11.6 Å². The molecular formula is C18H12ClNO3. The van der Waals surface area contributed by atoms with Gasteiger partial charge in [-0.15, -0.1) is 0 Å². The molecule has 0 unspecified atom stereocenters. The van der Waals surface area contributed by atoms with Gasteiger partial charge in [0.25, 0.3) is 5.91 Å². The number of fused-ring (bicyclic) bond motifs is 2. The summed E-state index contributed by atoms with van der Waals surface area (Å²) in [4.78, 5) is 27.0. The highest BCUT2D eigenvalue weighted by Crippen LogP contribution is 2.28. The van der Waals surface area contributed by atoms with Crippen LogP contribution in [0.1, 0.15) is 16.1 Å². The average molecular weight is 326 g/mol. The third kappa shape index (κ3) is 2.14. The molecular weight excluding hydrogens is 314 g/mol. The minimum absolute atomic E-state index is 0.0886. The summed E-state index contributed by atoms with van der Waals surface area (Å²) in [7, 11) is 0. The van der Waals surface area contributed by atoms with Crippen LogP contribution in [0.4, 0.5) is 5.69 Å². The van der Waals surface area contributed by atoms with E-state index in [1.807, 2.05) is 30.3 Å². The highest BCUT2D eigenvalue weighted by Gasteiger charge is 2.31. The second-order valence-corrected chi connectivity index (χ2v) is 5.80. The number of carbonyl (C=O) groups is 1. The van der Waals surface area contributed by atoms with Gasteiger partial charge < -0.3 is 9.32 Å². The Kier molecular flexibility index (Phi) is 3.20. The summed E-state index contributed by atoms with van der Waals surface area (Å²) in [5.41, 5.74) is 1.30. The molecule has 4 rings (SSSR count). The van der Waals surface area contributed by atoms with Gasteiger partial charge in [-0.25, -0.2) is 0 Å². The Hall–Kier alpha value is -2.59. The number of carbonyl (C=O) groups excluding carboxylic acids is 1. The topological polar surface area (TPSA) is 50.5 Å². The molecule has 3 aromatic rings. The van der Waals surface area contributed by atoms with E-state index >= 15 is 0 Å². The van der Waals surface area contributed by atoms with Crippen LogP contribution in [0.5, 0.6) is 0 Å². The monoisotopic (exact) mass is 325 g/mol. The molecule has 0 N–H and O–H groups in total. The van der Waals surface area contributed by atoms with Gasteiger partial charge >= 0.3 is 0 Å². The third-order valence-corrected chi connectivity index (χ3v) is 4.35. The zero-order valence-corrected chi connectivity index (χ0v) is 12.8. The average Bonchev–Trinajstić information content (AvgIpc) is 2.58. The van der Waals surface area contributed by atoms with Crippen molar-refractivity contribution >= 4 is 34.2 Å². The first kappa shape index (κ1) is 14.0. The summed E-state index contributed by atoms with van der Waals surface area (Å²) in [6, 6.07) is 14.3. The van der Waals surface area contributed by atoms with Crippen LogP contribution in [0, 0.1) is 0 Å². The molecule has 0 saturated carbocycles. The van der Waals surface area contributed by atoms with Crippen molar-refractivity contribution in [3.8, 4) is 0 Å². The molecule has 0 fully saturated rings. The Bertz CT molecular complexity index is 979. The molecule has 1 aliphatic heterocycles. The molecule has 2 heterocycles. The Labute approximate surface area is 136 Å². The number of amides is 1. The fourth-order valence-corrected chi connectivity index (χ4v) is 3.14. The lowest BCUT2D eigenvalue weighted by Crippen LogP contribution is -2.39. The SMILES string of the molecule is O=C1c2oc3c(Cl)cccc3c(=O)c2CCN1c1ccccc1. The van der Waals surface area contributed by atoms with Gasteiger partial charge in [0.1, 0.15) is 0 Å². The number of rotatable bonds is 1. The molecule has 0 aliphatic carbocycles. The number of para-hydroxylation sites is 2. The lowest BCUT2D eigenvalue weighted by molar-refractivity contribution is 0.0952. The van der Waals surface area contributed by atoms with E-state index in [4.69, 9.17) is 16.0 Å². The fourth-order valence-electron chi connectivity index (χ4n) is 2.92. The fraction of sp³-hybridized carbons (Fsp3) is 0.111. The molecule has 5 heteroatoms. The second-order valence-electron chi connectivity index (χ2n) is 5.40. The predicted octanol–water partition coefficient (Wildman–Crippen LogP) is 3.65. The summed E-state index contributed by atoms with van der Waals surface area (Å²) in [5.74, 6) is -0.220. The molecule has 4 nitrogen and oxygen atoms in total. The summed E-state index contributed by atoms with van der Waals surface area (Å²) >= 11 is 6.12. The predicted molar refractivity (Wildman–Crippen MR) is 89.3 cm³/mol. The minimum atomic E-state index is -0.309. The molecule has 1 aromatic heterocycles. The van der Waals surface area contributed by atoms with Gasteiger partial charge in [0, 0.05) is 12.2 Å². The number of benzene rings is 2. The summed E-state index contributed by atoms with van der Waals surface area (Å²) in [6.07, 6.45) is 0.459. The maximum atomic E-state index is 12.8. The van der Waals surface area contributed by atoms with E-state index in [9.17, 15) is 9.59 Å². The maximum Gasteiger partial charge on any atom is 0.294 e. The molecule has 1 aliphatic rings. The molecule has 2 aromatic carbocycles. The molecule has 0 spiro atoms. The zero-order chi connectivity index (χ0) is 16.0.